The maximum Gasteiger partial charge on any atom is -0.0348 e. The lowest BCUT2D eigenvalue weighted by Gasteiger charge is -2.00. The van der Waals surface area contributed by atoms with Crippen LogP contribution in [0.15, 0.2) is 61.3 Å². The molecule has 0 N–H and O–H groups in total. The van der Waals surface area contributed by atoms with E-state index in [9.17, 15) is 0 Å². The Hall–Kier alpha value is -1.30. The van der Waals surface area contributed by atoms with Crippen molar-refractivity contribution < 1.29 is 0 Å². The maximum atomic E-state index is 3.62. The molecule has 21 heavy (non-hydrogen) atoms. The van der Waals surface area contributed by atoms with E-state index in [4.69, 9.17) is 0 Å². The maximum absolute atomic E-state index is 3.62. The summed E-state index contributed by atoms with van der Waals surface area (Å²) in [6.07, 6.45) is 32.1. The molecule has 0 aliphatic rings. The van der Waals surface area contributed by atoms with E-state index in [-0.39, 0.29) is 0 Å². The molecule has 0 spiro atoms. The Morgan fingerprint density at radius 3 is 1.62 bits per heavy atom. The molecular formula is C21H34. The molecule has 0 aliphatic heterocycles. The average molecular weight is 287 g/mol. The Labute approximate surface area is 133 Å². The molecule has 0 bridgehead atoms. The Balaban J connectivity index is 3.28. The summed E-state index contributed by atoms with van der Waals surface area (Å²) >= 11 is 0. The Bertz CT molecular complexity index is 315. The largest absolute Gasteiger partial charge is 0.0991 e. The highest BCUT2D eigenvalue weighted by molar-refractivity contribution is 5.17. The molecule has 0 nitrogen and oxygen atoms in total. The highest BCUT2D eigenvalue weighted by atomic mass is 14.0. The van der Waals surface area contributed by atoms with Crippen LogP contribution in [0, 0.1) is 0 Å². The summed E-state index contributed by atoms with van der Waals surface area (Å²) < 4.78 is 0. The molecular weight excluding hydrogens is 252 g/mol. The van der Waals surface area contributed by atoms with Gasteiger partial charge in [-0.1, -0.05) is 120 Å². The minimum atomic E-state index is 1.21. The van der Waals surface area contributed by atoms with Crippen LogP contribution in [-0.2, 0) is 0 Å². The van der Waals surface area contributed by atoms with Gasteiger partial charge in [0, 0.05) is 0 Å². The first-order chi connectivity index (χ1) is 10.4. The van der Waals surface area contributed by atoms with Crippen molar-refractivity contribution in [3.8, 4) is 0 Å². The van der Waals surface area contributed by atoms with Gasteiger partial charge in [0.15, 0.2) is 0 Å². The molecule has 118 valence electrons. The first kappa shape index (κ1) is 19.7. The lowest BCUT2D eigenvalue weighted by atomic mass is 10.1. The van der Waals surface area contributed by atoms with E-state index in [1.54, 1.807) is 6.08 Å². The fourth-order valence-corrected chi connectivity index (χ4v) is 2.15. The van der Waals surface area contributed by atoms with E-state index in [1.807, 2.05) is 24.3 Å². The predicted octanol–water partition coefficient (Wildman–Crippen LogP) is 7.32. The van der Waals surface area contributed by atoms with Crippen LogP contribution < -0.4 is 0 Å². The molecule has 0 aromatic heterocycles. The van der Waals surface area contributed by atoms with Gasteiger partial charge in [-0.05, 0) is 12.8 Å². The van der Waals surface area contributed by atoms with Crippen molar-refractivity contribution in [3.63, 3.8) is 0 Å². The molecule has 0 aliphatic carbocycles. The lowest BCUT2D eigenvalue weighted by molar-refractivity contribution is 0.566. The average Bonchev–Trinajstić information content (AvgIpc) is 2.50. The van der Waals surface area contributed by atoms with Gasteiger partial charge in [-0.3, -0.25) is 0 Å². The van der Waals surface area contributed by atoms with Gasteiger partial charge in [0.1, 0.15) is 0 Å². The summed E-state index contributed by atoms with van der Waals surface area (Å²) in [5.74, 6) is 0. The van der Waals surface area contributed by atoms with Gasteiger partial charge in [0.25, 0.3) is 0 Å². The van der Waals surface area contributed by atoms with Crippen LogP contribution in [0.25, 0.3) is 0 Å². The van der Waals surface area contributed by atoms with Crippen molar-refractivity contribution in [2.45, 2.75) is 71.1 Å². The zero-order valence-electron chi connectivity index (χ0n) is 14.0. The number of rotatable bonds is 14. The number of hydrogen-bond acceptors (Lipinski definition) is 0. The molecule has 0 unspecified atom stereocenters. The number of allylic oxidation sites excluding steroid dienone is 9. The van der Waals surface area contributed by atoms with E-state index in [0.717, 1.165) is 0 Å². The Morgan fingerprint density at radius 1 is 0.571 bits per heavy atom. The van der Waals surface area contributed by atoms with Gasteiger partial charge in [-0.15, -0.1) is 0 Å². The van der Waals surface area contributed by atoms with Crippen molar-refractivity contribution in [2.75, 3.05) is 0 Å². The predicted molar refractivity (Wildman–Crippen MR) is 98.6 cm³/mol. The zero-order chi connectivity index (χ0) is 15.4. The van der Waals surface area contributed by atoms with E-state index in [1.165, 1.54) is 64.2 Å². The topological polar surface area (TPSA) is 0 Å². The van der Waals surface area contributed by atoms with Crippen LogP contribution in [-0.4, -0.2) is 0 Å². The SMILES string of the molecule is C=CC=CC=CC=CC=CCCCCCCCCCCC. The molecule has 0 heteroatoms. The zero-order valence-corrected chi connectivity index (χ0v) is 14.0. The second kappa shape index (κ2) is 18.7. The molecule has 0 saturated heterocycles. The molecule has 0 saturated carbocycles. The monoisotopic (exact) mass is 286 g/mol. The highest BCUT2D eigenvalue weighted by Gasteiger charge is 1.90. The Kier molecular flexibility index (Phi) is 17.5. The van der Waals surface area contributed by atoms with Crippen LogP contribution in [0.4, 0.5) is 0 Å². The summed E-state index contributed by atoms with van der Waals surface area (Å²) in [7, 11) is 0. The fraction of sp³-hybridized carbons (Fsp3) is 0.524. The van der Waals surface area contributed by atoms with E-state index < -0.39 is 0 Å². The third-order valence-electron chi connectivity index (χ3n) is 3.41. The molecule has 0 fully saturated rings. The lowest BCUT2D eigenvalue weighted by Crippen LogP contribution is -1.80. The Morgan fingerprint density at radius 2 is 1.05 bits per heavy atom. The summed E-state index contributed by atoms with van der Waals surface area (Å²) in [6, 6.07) is 0. The minimum Gasteiger partial charge on any atom is -0.0991 e. The minimum absolute atomic E-state index is 1.21. The third kappa shape index (κ3) is 18.7. The highest BCUT2D eigenvalue weighted by Crippen LogP contribution is 2.10. The summed E-state index contributed by atoms with van der Waals surface area (Å²) in [4.78, 5) is 0. The van der Waals surface area contributed by atoms with E-state index >= 15 is 0 Å². The van der Waals surface area contributed by atoms with Crippen molar-refractivity contribution in [1.82, 2.24) is 0 Å². The number of hydrogen-bond donors (Lipinski definition) is 0. The van der Waals surface area contributed by atoms with Gasteiger partial charge in [0.2, 0.25) is 0 Å². The molecule has 0 heterocycles. The second-order valence-corrected chi connectivity index (χ2v) is 5.44. The van der Waals surface area contributed by atoms with Crippen molar-refractivity contribution in [3.05, 3.63) is 61.3 Å². The van der Waals surface area contributed by atoms with Crippen LogP contribution >= 0.6 is 0 Å². The number of unbranched alkanes of at least 4 members (excludes halogenated alkanes) is 9. The van der Waals surface area contributed by atoms with Crippen LogP contribution in [0.3, 0.4) is 0 Å². The van der Waals surface area contributed by atoms with Crippen molar-refractivity contribution in [2.24, 2.45) is 0 Å². The third-order valence-corrected chi connectivity index (χ3v) is 3.41. The quantitative estimate of drug-likeness (QED) is 0.232. The van der Waals surface area contributed by atoms with Gasteiger partial charge < -0.3 is 0 Å². The van der Waals surface area contributed by atoms with Crippen LogP contribution in [0.5, 0.6) is 0 Å². The second-order valence-electron chi connectivity index (χ2n) is 5.44. The summed E-state index contributed by atoms with van der Waals surface area (Å²) in [6.45, 7) is 5.90. The van der Waals surface area contributed by atoms with Crippen LogP contribution in [0.1, 0.15) is 71.1 Å². The van der Waals surface area contributed by atoms with Crippen molar-refractivity contribution in [1.29, 1.82) is 0 Å². The summed E-state index contributed by atoms with van der Waals surface area (Å²) in [5, 5.41) is 0. The van der Waals surface area contributed by atoms with E-state index in [2.05, 4.69) is 37.8 Å². The normalized spacial score (nSPS) is 12.4. The molecule has 0 atom stereocenters. The first-order valence-corrected chi connectivity index (χ1v) is 8.69. The van der Waals surface area contributed by atoms with Gasteiger partial charge in [-0.25, -0.2) is 0 Å². The van der Waals surface area contributed by atoms with Gasteiger partial charge >= 0.3 is 0 Å². The first-order valence-electron chi connectivity index (χ1n) is 8.69. The van der Waals surface area contributed by atoms with Gasteiger partial charge in [0.05, 0.1) is 0 Å². The molecule has 0 aromatic carbocycles. The van der Waals surface area contributed by atoms with Gasteiger partial charge in [-0.2, -0.15) is 0 Å². The standard InChI is InChI=1S/C21H34/c1-3-5-7-9-11-13-15-17-19-21-20-18-16-14-12-10-8-6-4-2/h3,5,7,9,11,13,15,17,19H,1,4,6,8,10,12,14,16,18,20-21H2,2H3. The smallest absolute Gasteiger partial charge is 0.0348 e. The molecule has 0 radical (unpaired) electrons. The summed E-state index contributed by atoms with van der Waals surface area (Å²) in [5.41, 5.74) is 0. The molecule has 0 amide bonds. The molecule has 0 aromatic rings. The molecule has 0 rings (SSSR count). The fourth-order valence-electron chi connectivity index (χ4n) is 2.15. The van der Waals surface area contributed by atoms with Crippen molar-refractivity contribution >= 4 is 0 Å². The van der Waals surface area contributed by atoms with Crippen LogP contribution in [0.2, 0.25) is 0 Å². The van der Waals surface area contributed by atoms with E-state index in [0.29, 0.717) is 0 Å².